The highest BCUT2D eigenvalue weighted by atomic mass is 16.2. The maximum absolute atomic E-state index is 12.2. The van der Waals surface area contributed by atoms with Crippen LogP contribution in [-0.2, 0) is 0 Å². The number of nitrogens with zero attached hydrogens (tertiary/aromatic N) is 3. The van der Waals surface area contributed by atoms with E-state index in [1.807, 2.05) is 44.1 Å². The molecule has 0 aromatic heterocycles. The number of carbonyl (C=O) groups excluding carboxylic acids is 1. The van der Waals surface area contributed by atoms with E-state index in [1.165, 1.54) is 0 Å². The van der Waals surface area contributed by atoms with Crippen LogP contribution in [0.2, 0.25) is 0 Å². The largest absolute Gasteiger partial charge is 0.378 e. The number of benzene rings is 1. The molecule has 18 heavy (non-hydrogen) atoms. The molecule has 0 spiro atoms. The Morgan fingerprint density at radius 1 is 1.39 bits per heavy atom. The van der Waals surface area contributed by atoms with Gasteiger partial charge in [-0.25, -0.2) is 0 Å². The van der Waals surface area contributed by atoms with E-state index in [0.717, 1.165) is 5.69 Å². The third kappa shape index (κ3) is 3.24. The smallest absolute Gasteiger partial charge is 0.253 e. The normalized spacial score (nSPS) is 11.5. The maximum atomic E-state index is 12.2. The lowest BCUT2D eigenvalue weighted by Gasteiger charge is -2.23. The Bertz CT molecular complexity index is 462. The van der Waals surface area contributed by atoms with Crippen molar-refractivity contribution in [2.45, 2.75) is 19.4 Å². The minimum Gasteiger partial charge on any atom is -0.378 e. The van der Waals surface area contributed by atoms with E-state index in [2.05, 4.69) is 6.07 Å². The average Bonchev–Trinajstić information content (AvgIpc) is 2.37. The van der Waals surface area contributed by atoms with Gasteiger partial charge in [0.05, 0.1) is 12.5 Å². The Balaban J connectivity index is 2.90. The van der Waals surface area contributed by atoms with Crippen molar-refractivity contribution in [1.82, 2.24) is 4.90 Å². The van der Waals surface area contributed by atoms with Crippen LogP contribution >= 0.6 is 0 Å². The first-order chi connectivity index (χ1) is 8.47. The lowest BCUT2D eigenvalue weighted by molar-refractivity contribution is 0.0746. The molecule has 1 aromatic carbocycles. The van der Waals surface area contributed by atoms with Crippen LogP contribution < -0.4 is 4.90 Å². The number of carbonyl (C=O) groups is 1. The molecule has 0 aliphatic rings. The second-order valence-corrected chi connectivity index (χ2v) is 4.57. The van der Waals surface area contributed by atoms with Crippen molar-refractivity contribution in [2.24, 2.45) is 0 Å². The van der Waals surface area contributed by atoms with Crippen LogP contribution in [-0.4, -0.2) is 38.0 Å². The van der Waals surface area contributed by atoms with Crippen molar-refractivity contribution >= 4 is 11.6 Å². The molecule has 1 amide bonds. The molecule has 4 nitrogen and oxygen atoms in total. The molecule has 1 unspecified atom stereocenters. The van der Waals surface area contributed by atoms with Crippen LogP contribution in [0.4, 0.5) is 5.69 Å². The van der Waals surface area contributed by atoms with Crippen molar-refractivity contribution in [2.75, 3.05) is 26.0 Å². The Morgan fingerprint density at radius 2 is 2.06 bits per heavy atom. The van der Waals surface area contributed by atoms with Gasteiger partial charge in [-0.15, -0.1) is 0 Å². The molecule has 96 valence electrons. The topological polar surface area (TPSA) is 47.3 Å². The van der Waals surface area contributed by atoms with Crippen molar-refractivity contribution < 1.29 is 4.79 Å². The monoisotopic (exact) mass is 245 g/mol. The quantitative estimate of drug-likeness (QED) is 0.816. The lowest BCUT2D eigenvalue weighted by Crippen LogP contribution is -2.34. The van der Waals surface area contributed by atoms with Crippen molar-refractivity contribution in [1.29, 1.82) is 5.26 Å². The zero-order chi connectivity index (χ0) is 13.7. The van der Waals surface area contributed by atoms with Crippen molar-refractivity contribution in [3.8, 4) is 6.07 Å². The number of rotatable bonds is 4. The van der Waals surface area contributed by atoms with E-state index in [0.29, 0.717) is 12.0 Å². The van der Waals surface area contributed by atoms with Gasteiger partial charge in [-0.2, -0.15) is 5.26 Å². The van der Waals surface area contributed by atoms with E-state index < -0.39 is 0 Å². The van der Waals surface area contributed by atoms with Crippen LogP contribution in [0.15, 0.2) is 24.3 Å². The van der Waals surface area contributed by atoms with Gasteiger partial charge in [-0.05, 0) is 25.1 Å². The minimum atomic E-state index is -0.0782. The molecular formula is C14H19N3O. The summed E-state index contributed by atoms with van der Waals surface area (Å²) in [7, 11) is 5.60. The number of anilines is 1. The van der Waals surface area contributed by atoms with Gasteiger partial charge in [0.1, 0.15) is 0 Å². The van der Waals surface area contributed by atoms with E-state index in [9.17, 15) is 4.79 Å². The third-order valence-electron chi connectivity index (χ3n) is 2.98. The number of hydrogen-bond donors (Lipinski definition) is 0. The first-order valence-electron chi connectivity index (χ1n) is 5.89. The molecule has 0 fully saturated rings. The van der Waals surface area contributed by atoms with Gasteiger partial charge in [0.15, 0.2) is 0 Å². The predicted molar refractivity (Wildman–Crippen MR) is 72.6 cm³/mol. The molecule has 0 heterocycles. The van der Waals surface area contributed by atoms with Crippen LogP contribution in [0.3, 0.4) is 0 Å². The Kier molecular flexibility index (Phi) is 4.73. The first-order valence-corrected chi connectivity index (χ1v) is 5.89. The second-order valence-electron chi connectivity index (χ2n) is 4.57. The van der Waals surface area contributed by atoms with Crippen LogP contribution in [0.25, 0.3) is 0 Å². The molecule has 0 radical (unpaired) electrons. The summed E-state index contributed by atoms with van der Waals surface area (Å²) < 4.78 is 0. The summed E-state index contributed by atoms with van der Waals surface area (Å²) in [6.07, 6.45) is 0.343. The van der Waals surface area contributed by atoms with E-state index in [1.54, 1.807) is 18.0 Å². The second kappa shape index (κ2) is 6.06. The molecule has 0 aliphatic heterocycles. The summed E-state index contributed by atoms with van der Waals surface area (Å²) in [5.74, 6) is -0.0542. The van der Waals surface area contributed by atoms with Crippen molar-refractivity contribution in [3.05, 3.63) is 29.8 Å². The average molecular weight is 245 g/mol. The third-order valence-corrected chi connectivity index (χ3v) is 2.98. The van der Waals surface area contributed by atoms with E-state index in [4.69, 9.17) is 5.26 Å². The van der Waals surface area contributed by atoms with Crippen LogP contribution in [0.5, 0.6) is 0 Å². The van der Waals surface area contributed by atoms with Gasteiger partial charge in [0, 0.05) is 38.4 Å². The molecule has 0 N–H and O–H groups in total. The van der Waals surface area contributed by atoms with E-state index >= 15 is 0 Å². The highest BCUT2D eigenvalue weighted by Crippen LogP contribution is 2.16. The van der Waals surface area contributed by atoms with Gasteiger partial charge >= 0.3 is 0 Å². The zero-order valence-corrected chi connectivity index (χ0v) is 11.3. The number of hydrogen-bond acceptors (Lipinski definition) is 3. The van der Waals surface area contributed by atoms with Gasteiger partial charge in [-0.3, -0.25) is 4.79 Å². The zero-order valence-electron chi connectivity index (χ0n) is 11.3. The molecule has 0 bridgehead atoms. The standard InChI is InChI=1S/C14H19N3O/c1-11(8-9-15)17(4)14(18)12-6-5-7-13(10-12)16(2)3/h5-7,10-11H,8H2,1-4H3. The molecule has 4 heteroatoms. The first kappa shape index (κ1) is 14.0. The van der Waals surface area contributed by atoms with Gasteiger partial charge < -0.3 is 9.80 Å². The summed E-state index contributed by atoms with van der Waals surface area (Å²) in [6, 6.07) is 9.48. The molecule has 0 saturated carbocycles. The molecule has 0 saturated heterocycles. The Morgan fingerprint density at radius 3 is 2.61 bits per heavy atom. The molecule has 1 aromatic rings. The lowest BCUT2D eigenvalue weighted by atomic mass is 10.1. The number of nitriles is 1. The fraction of sp³-hybridized carbons (Fsp3) is 0.429. The summed E-state index contributed by atoms with van der Waals surface area (Å²) >= 11 is 0. The minimum absolute atomic E-state index is 0.0542. The number of amides is 1. The predicted octanol–water partition coefficient (Wildman–Crippen LogP) is 2.13. The fourth-order valence-corrected chi connectivity index (χ4v) is 1.59. The highest BCUT2D eigenvalue weighted by Gasteiger charge is 2.17. The SMILES string of the molecule is CC(CC#N)N(C)C(=O)c1cccc(N(C)C)c1. The van der Waals surface area contributed by atoms with Gasteiger partial charge in [0.25, 0.3) is 5.91 Å². The van der Waals surface area contributed by atoms with Gasteiger partial charge in [-0.1, -0.05) is 6.07 Å². The summed E-state index contributed by atoms with van der Waals surface area (Å²) in [5.41, 5.74) is 1.63. The molecular weight excluding hydrogens is 226 g/mol. The fourth-order valence-electron chi connectivity index (χ4n) is 1.59. The maximum Gasteiger partial charge on any atom is 0.253 e. The molecule has 1 rings (SSSR count). The van der Waals surface area contributed by atoms with Crippen LogP contribution in [0, 0.1) is 11.3 Å². The van der Waals surface area contributed by atoms with Gasteiger partial charge in [0.2, 0.25) is 0 Å². The van der Waals surface area contributed by atoms with Crippen molar-refractivity contribution in [3.63, 3.8) is 0 Å². The summed E-state index contributed by atoms with van der Waals surface area (Å²) in [4.78, 5) is 15.8. The Labute approximate surface area is 108 Å². The highest BCUT2D eigenvalue weighted by molar-refractivity contribution is 5.95. The van der Waals surface area contributed by atoms with E-state index in [-0.39, 0.29) is 11.9 Å². The van der Waals surface area contributed by atoms with Crippen LogP contribution in [0.1, 0.15) is 23.7 Å². The summed E-state index contributed by atoms with van der Waals surface area (Å²) in [5, 5.41) is 8.66. The molecule has 0 aliphatic carbocycles. The molecule has 1 atom stereocenters. The Hall–Kier alpha value is -2.02. The summed E-state index contributed by atoms with van der Waals surface area (Å²) in [6.45, 7) is 1.87.